The summed E-state index contributed by atoms with van der Waals surface area (Å²) in [6.45, 7) is 9.68. The summed E-state index contributed by atoms with van der Waals surface area (Å²) in [6, 6.07) is 1.54. The predicted octanol–water partition coefficient (Wildman–Crippen LogP) is 1.95. The number of nitrogens with one attached hydrogen (secondary N) is 1. The predicted molar refractivity (Wildman–Crippen MR) is 80.1 cm³/mol. The van der Waals surface area contributed by atoms with Crippen molar-refractivity contribution in [2.45, 2.75) is 46.6 Å². The molecule has 0 saturated carbocycles. The molecule has 1 amide bonds. The number of carbonyl (C=O) groups is 1. The molecule has 114 valence electrons. The molecule has 0 aliphatic rings. The van der Waals surface area contributed by atoms with E-state index < -0.39 is 6.04 Å². The molecule has 1 N–H and O–H groups in total. The lowest BCUT2D eigenvalue weighted by Gasteiger charge is -2.13. The number of hydrogen-bond donors (Lipinski definition) is 1. The van der Waals surface area contributed by atoms with Gasteiger partial charge in [-0.25, -0.2) is 4.68 Å². The number of nitrogens with zero attached hydrogens (tertiary/aromatic N) is 5. The van der Waals surface area contributed by atoms with Crippen molar-refractivity contribution in [1.29, 1.82) is 0 Å². The average molecular weight is 290 g/mol. The highest BCUT2D eigenvalue weighted by molar-refractivity contribution is 5.91. The zero-order chi connectivity index (χ0) is 15.7. The Hall–Kier alpha value is -2.18. The van der Waals surface area contributed by atoms with E-state index in [1.807, 2.05) is 40.7 Å². The molecule has 0 fully saturated rings. The fraction of sp³-hybridized carbons (Fsp3) is 0.571. The van der Waals surface area contributed by atoms with Gasteiger partial charge in [0.25, 0.3) is 5.91 Å². The van der Waals surface area contributed by atoms with Crippen molar-refractivity contribution in [3.8, 4) is 0 Å². The van der Waals surface area contributed by atoms with E-state index in [0.29, 0.717) is 11.8 Å². The van der Waals surface area contributed by atoms with Gasteiger partial charge in [-0.3, -0.25) is 14.8 Å². The average Bonchev–Trinajstić information content (AvgIpc) is 2.92. The van der Waals surface area contributed by atoms with Gasteiger partial charge in [-0.05, 0) is 26.8 Å². The van der Waals surface area contributed by atoms with Crippen LogP contribution in [0.3, 0.4) is 0 Å². The summed E-state index contributed by atoms with van der Waals surface area (Å²) in [4.78, 5) is 16.7. The molecule has 21 heavy (non-hydrogen) atoms. The summed E-state index contributed by atoms with van der Waals surface area (Å²) in [5.41, 5.74) is 1.85. The van der Waals surface area contributed by atoms with Crippen LogP contribution in [0.15, 0.2) is 6.07 Å². The molecule has 0 unspecified atom stereocenters. The normalized spacial score (nSPS) is 12.7. The summed E-state index contributed by atoms with van der Waals surface area (Å²) >= 11 is 0. The highest BCUT2D eigenvalue weighted by Gasteiger charge is 2.20. The van der Waals surface area contributed by atoms with Crippen molar-refractivity contribution in [3.05, 3.63) is 23.3 Å². The Kier molecular flexibility index (Phi) is 4.11. The third-order valence-electron chi connectivity index (χ3n) is 3.32. The zero-order valence-electron chi connectivity index (χ0n) is 13.4. The second-order valence-corrected chi connectivity index (χ2v) is 5.61. The van der Waals surface area contributed by atoms with E-state index in [0.717, 1.165) is 11.4 Å². The molecule has 2 aromatic heterocycles. The molecular formula is C14H22N6O. The number of carbonyl (C=O) groups excluding carboxylic acids is 1. The van der Waals surface area contributed by atoms with Crippen LogP contribution in [0.5, 0.6) is 0 Å². The fourth-order valence-electron chi connectivity index (χ4n) is 2.12. The van der Waals surface area contributed by atoms with Gasteiger partial charge in [-0.15, -0.1) is 0 Å². The van der Waals surface area contributed by atoms with E-state index in [2.05, 4.69) is 20.5 Å². The van der Waals surface area contributed by atoms with Crippen LogP contribution in [0.25, 0.3) is 0 Å². The molecule has 2 rings (SSSR count). The van der Waals surface area contributed by atoms with Crippen molar-refractivity contribution < 1.29 is 4.79 Å². The van der Waals surface area contributed by atoms with Crippen molar-refractivity contribution in [3.63, 3.8) is 0 Å². The SMILES string of the molecule is Cc1cc(C)n([C@@H](C)C(=O)Nc2nc(C(C)C)nn2C)n1. The monoisotopic (exact) mass is 290 g/mol. The first-order chi connectivity index (χ1) is 9.79. The van der Waals surface area contributed by atoms with Gasteiger partial charge in [0.05, 0.1) is 5.69 Å². The van der Waals surface area contributed by atoms with E-state index in [-0.39, 0.29) is 11.8 Å². The van der Waals surface area contributed by atoms with E-state index in [4.69, 9.17) is 0 Å². The Bertz CT molecular complexity index is 654. The number of aromatic nitrogens is 5. The standard InChI is InChI=1S/C14H22N6O/c1-8(2)12-15-14(19(6)18-12)16-13(21)11(5)20-10(4)7-9(3)17-20/h7-8,11H,1-6H3,(H,15,16,18,21)/t11-/m0/s1. The lowest BCUT2D eigenvalue weighted by Crippen LogP contribution is -2.26. The molecule has 1 atom stereocenters. The minimum absolute atomic E-state index is 0.160. The first-order valence-corrected chi connectivity index (χ1v) is 7.04. The third-order valence-corrected chi connectivity index (χ3v) is 3.32. The Labute approximate surface area is 124 Å². The molecular weight excluding hydrogens is 268 g/mol. The topological polar surface area (TPSA) is 77.6 Å². The molecule has 2 aromatic rings. The number of aryl methyl sites for hydroxylation is 3. The number of amides is 1. The maximum Gasteiger partial charge on any atom is 0.251 e. The van der Waals surface area contributed by atoms with Crippen molar-refractivity contribution in [1.82, 2.24) is 24.5 Å². The minimum Gasteiger partial charge on any atom is -0.293 e. The van der Waals surface area contributed by atoms with Gasteiger partial charge in [0.2, 0.25) is 5.95 Å². The van der Waals surface area contributed by atoms with Crippen LogP contribution in [0, 0.1) is 13.8 Å². The molecule has 0 spiro atoms. The van der Waals surface area contributed by atoms with Crippen molar-refractivity contribution in [2.24, 2.45) is 7.05 Å². The van der Waals surface area contributed by atoms with Gasteiger partial charge >= 0.3 is 0 Å². The Balaban J connectivity index is 2.16. The van der Waals surface area contributed by atoms with Gasteiger partial charge in [0, 0.05) is 18.7 Å². The lowest BCUT2D eigenvalue weighted by atomic mass is 10.2. The number of anilines is 1. The van der Waals surface area contributed by atoms with Crippen LogP contribution in [0.1, 0.15) is 49.9 Å². The van der Waals surface area contributed by atoms with Crippen LogP contribution < -0.4 is 5.32 Å². The van der Waals surface area contributed by atoms with Crippen LogP contribution in [-0.2, 0) is 11.8 Å². The second kappa shape index (κ2) is 5.67. The van der Waals surface area contributed by atoms with Gasteiger partial charge in [0.1, 0.15) is 6.04 Å². The summed E-state index contributed by atoms with van der Waals surface area (Å²) in [7, 11) is 1.77. The molecule has 7 heteroatoms. The number of rotatable bonds is 4. The Morgan fingerprint density at radius 3 is 2.38 bits per heavy atom. The fourth-order valence-corrected chi connectivity index (χ4v) is 2.12. The highest BCUT2D eigenvalue weighted by atomic mass is 16.2. The van der Waals surface area contributed by atoms with Crippen LogP contribution in [-0.4, -0.2) is 30.5 Å². The van der Waals surface area contributed by atoms with E-state index in [1.165, 1.54) is 0 Å². The molecule has 0 radical (unpaired) electrons. The molecule has 0 aromatic carbocycles. The van der Waals surface area contributed by atoms with Gasteiger partial charge in [-0.2, -0.15) is 15.2 Å². The molecule has 0 saturated heterocycles. The largest absolute Gasteiger partial charge is 0.293 e. The van der Waals surface area contributed by atoms with Crippen LogP contribution in [0.2, 0.25) is 0 Å². The second-order valence-electron chi connectivity index (χ2n) is 5.61. The van der Waals surface area contributed by atoms with Crippen molar-refractivity contribution >= 4 is 11.9 Å². The van der Waals surface area contributed by atoms with Crippen LogP contribution >= 0.6 is 0 Å². The first-order valence-electron chi connectivity index (χ1n) is 7.04. The number of hydrogen-bond acceptors (Lipinski definition) is 4. The summed E-state index contributed by atoms with van der Waals surface area (Å²) in [5.74, 6) is 1.23. The van der Waals surface area contributed by atoms with E-state index in [1.54, 1.807) is 16.4 Å². The smallest absolute Gasteiger partial charge is 0.251 e. The summed E-state index contributed by atoms with van der Waals surface area (Å²) < 4.78 is 3.30. The van der Waals surface area contributed by atoms with E-state index in [9.17, 15) is 4.79 Å². The van der Waals surface area contributed by atoms with Crippen LogP contribution in [0.4, 0.5) is 5.95 Å². The quantitative estimate of drug-likeness (QED) is 0.933. The van der Waals surface area contributed by atoms with Crippen molar-refractivity contribution in [2.75, 3.05) is 5.32 Å². The van der Waals surface area contributed by atoms with Gasteiger partial charge in [-0.1, -0.05) is 13.8 Å². The molecule has 7 nitrogen and oxygen atoms in total. The maximum absolute atomic E-state index is 12.4. The molecule has 2 heterocycles. The molecule has 0 bridgehead atoms. The van der Waals surface area contributed by atoms with E-state index >= 15 is 0 Å². The Morgan fingerprint density at radius 2 is 1.90 bits per heavy atom. The highest BCUT2D eigenvalue weighted by Crippen LogP contribution is 2.15. The maximum atomic E-state index is 12.4. The third kappa shape index (κ3) is 3.12. The van der Waals surface area contributed by atoms with Gasteiger partial charge in [0.15, 0.2) is 5.82 Å². The van der Waals surface area contributed by atoms with Gasteiger partial charge < -0.3 is 0 Å². The molecule has 0 aliphatic heterocycles. The summed E-state index contributed by atoms with van der Waals surface area (Å²) in [5, 5.41) is 11.4. The summed E-state index contributed by atoms with van der Waals surface area (Å²) in [6.07, 6.45) is 0. The lowest BCUT2D eigenvalue weighted by molar-refractivity contribution is -0.119. The minimum atomic E-state index is -0.405. The first kappa shape index (κ1) is 15.2. The molecule has 0 aliphatic carbocycles. The Morgan fingerprint density at radius 1 is 1.24 bits per heavy atom. The zero-order valence-corrected chi connectivity index (χ0v) is 13.4.